The van der Waals surface area contributed by atoms with Crippen LogP contribution in [0.25, 0.3) is 27.4 Å². The molecule has 0 spiro atoms. The number of imidazole rings is 1. The summed E-state index contributed by atoms with van der Waals surface area (Å²) < 4.78 is 24.9. The number of furan rings is 1. The summed E-state index contributed by atoms with van der Waals surface area (Å²) in [6.07, 6.45) is 5.18. The summed E-state index contributed by atoms with van der Waals surface area (Å²) in [5.41, 5.74) is 2.62. The summed E-state index contributed by atoms with van der Waals surface area (Å²) in [5.74, 6) is 2.65. The number of halogens is 1. The maximum atomic E-state index is 6.32. The number of methoxy groups -OCH3 is 2. The molecule has 0 amide bonds. The van der Waals surface area contributed by atoms with Crippen LogP contribution in [0.3, 0.4) is 0 Å². The van der Waals surface area contributed by atoms with Crippen molar-refractivity contribution in [3.8, 4) is 28.1 Å². The van der Waals surface area contributed by atoms with Gasteiger partial charge in [-0.05, 0) is 66.8 Å². The Balaban J connectivity index is 1.17. The molecule has 0 saturated carbocycles. The van der Waals surface area contributed by atoms with Gasteiger partial charge in [-0.15, -0.1) is 5.10 Å². The molecule has 0 unspecified atom stereocenters. The lowest BCUT2D eigenvalue weighted by molar-refractivity contribution is 0.264. The van der Waals surface area contributed by atoms with E-state index in [-0.39, 0.29) is 0 Å². The summed E-state index contributed by atoms with van der Waals surface area (Å²) in [4.78, 5) is 7.82. The first-order valence-corrected chi connectivity index (χ1v) is 13.4. The van der Waals surface area contributed by atoms with Gasteiger partial charge in [-0.1, -0.05) is 11.6 Å². The van der Waals surface area contributed by atoms with Gasteiger partial charge >= 0.3 is 0 Å². The molecule has 1 aliphatic heterocycles. The van der Waals surface area contributed by atoms with E-state index in [9.17, 15) is 0 Å². The number of fused-ring (bicyclic) bond motifs is 2. The molecule has 192 valence electrons. The summed E-state index contributed by atoms with van der Waals surface area (Å²) in [6.45, 7) is 2.71. The zero-order chi connectivity index (χ0) is 25.4. The van der Waals surface area contributed by atoms with Crippen molar-refractivity contribution in [1.29, 1.82) is 0 Å². The highest BCUT2D eigenvalue weighted by Gasteiger charge is 2.21. The van der Waals surface area contributed by atoms with Crippen LogP contribution in [0.5, 0.6) is 16.7 Å². The molecule has 4 heterocycles. The molecule has 37 heavy (non-hydrogen) atoms. The summed E-state index contributed by atoms with van der Waals surface area (Å²) in [7, 11) is 3.24. The van der Waals surface area contributed by atoms with Crippen LogP contribution in [0.2, 0.25) is 5.02 Å². The van der Waals surface area contributed by atoms with Crippen molar-refractivity contribution in [3.05, 3.63) is 53.7 Å². The maximum absolute atomic E-state index is 6.32. The normalized spacial score (nSPS) is 16.0. The summed E-state index contributed by atoms with van der Waals surface area (Å²) in [6, 6.07) is 13.9. The number of anilines is 1. The van der Waals surface area contributed by atoms with Crippen LogP contribution in [0, 0.1) is 5.92 Å². The van der Waals surface area contributed by atoms with Crippen molar-refractivity contribution in [2.45, 2.75) is 19.3 Å². The average molecular weight is 539 g/mol. The Hall–Kier alpha value is -3.43. The zero-order valence-electron chi connectivity index (χ0n) is 20.6. The molecule has 8 nitrogen and oxygen atoms in total. The molecule has 1 atom stereocenters. The molecule has 10 heteroatoms. The number of aromatic nitrogens is 3. The fourth-order valence-corrected chi connectivity index (χ4v) is 5.68. The minimum Gasteiger partial charge on any atom is -0.496 e. The third-order valence-electron chi connectivity index (χ3n) is 6.75. The molecular weight excluding hydrogens is 512 g/mol. The minimum absolute atomic E-state index is 0.563. The van der Waals surface area contributed by atoms with E-state index in [1.807, 2.05) is 36.5 Å². The van der Waals surface area contributed by atoms with Crippen molar-refractivity contribution >= 4 is 44.6 Å². The zero-order valence-corrected chi connectivity index (χ0v) is 22.2. The maximum Gasteiger partial charge on any atom is 0.294 e. The Morgan fingerprint density at radius 1 is 1.14 bits per heavy atom. The number of piperidine rings is 1. The smallest absolute Gasteiger partial charge is 0.294 e. The van der Waals surface area contributed by atoms with E-state index in [1.165, 1.54) is 29.9 Å². The molecule has 6 rings (SSSR count). The lowest BCUT2D eigenvalue weighted by atomic mass is 9.95. The van der Waals surface area contributed by atoms with Crippen molar-refractivity contribution in [1.82, 2.24) is 14.6 Å². The van der Waals surface area contributed by atoms with Crippen molar-refractivity contribution in [2.75, 3.05) is 38.8 Å². The molecule has 1 fully saturated rings. The third kappa shape index (κ3) is 4.93. The highest BCUT2D eigenvalue weighted by Crippen LogP contribution is 2.37. The lowest BCUT2D eigenvalue weighted by Crippen LogP contribution is -2.35. The second kappa shape index (κ2) is 10.1. The van der Waals surface area contributed by atoms with Gasteiger partial charge in [-0.3, -0.25) is 0 Å². The molecule has 2 aromatic carbocycles. The van der Waals surface area contributed by atoms with Crippen molar-refractivity contribution in [3.63, 3.8) is 0 Å². The van der Waals surface area contributed by atoms with Gasteiger partial charge in [-0.2, -0.15) is 0 Å². The van der Waals surface area contributed by atoms with Gasteiger partial charge in [-0.25, -0.2) is 9.50 Å². The van der Waals surface area contributed by atoms with Crippen LogP contribution in [-0.2, 0) is 0 Å². The van der Waals surface area contributed by atoms with Gasteiger partial charge in [0, 0.05) is 35.9 Å². The van der Waals surface area contributed by atoms with Gasteiger partial charge in [0.2, 0.25) is 4.96 Å². The molecule has 5 aromatic rings. The fraction of sp³-hybridized carbons (Fsp3) is 0.333. The van der Waals surface area contributed by atoms with E-state index in [0.717, 1.165) is 40.6 Å². The number of hydrogen-bond donors (Lipinski definition) is 0. The van der Waals surface area contributed by atoms with Crippen LogP contribution in [0.1, 0.15) is 19.3 Å². The van der Waals surface area contributed by atoms with Crippen molar-refractivity contribution in [2.24, 2.45) is 5.92 Å². The van der Waals surface area contributed by atoms with E-state index in [2.05, 4.69) is 27.1 Å². The van der Waals surface area contributed by atoms with Crippen LogP contribution in [0.4, 0.5) is 5.69 Å². The summed E-state index contributed by atoms with van der Waals surface area (Å²) >= 11 is 7.44. The van der Waals surface area contributed by atoms with Gasteiger partial charge < -0.3 is 23.5 Å². The molecule has 1 saturated heterocycles. The summed E-state index contributed by atoms with van der Waals surface area (Å²) in [5, 5.41) is 6.57. The highest BCUT2D eigenvalue weighted by atomic mass is 35.5. The number of hydrogen-bond acceptors (Lipinski definition) is 8. The topological polar surface area (TPSA) is 74.3 Å². The molecule has 0 radical (unpaired) electrons. The largest absolute Gasteiger partial charge is 0.496 e. The minimum atomic E-state index is 0.563. The average Bonchev–Trinajstić information content (AvgIpc) is 3.62. The highest BCUT2D eigenvalue weighted by molar-refractivity contribution is 7.18. The van der Waals surface area contributed by atoms with Crippen LogP contribution in [0.15, 0.2) is 53.1 Å². The predicted molar refractivity (Wildman–Crippen MR) is 146 cm³/mol. The molecule has 0 N–H and O–H groups in total. The van der Waals surface area contributed by atoms with E-state index in [0.29, 0.717) is 40.5 Å². The number of nitrogens with zero attached hydrogens (tertiary/aromatic N) is 4. The first kappa shape index (κ1) is 23.9. The third-order valence-corrected chi connectivity index (χ3v) is 7.89. The molecule has 0 bridgehead atoms. The Morgan fingerprint density at radius 2 is 2.00 bits per heavy atom. The van der Waals surface area contributed by atoms with Gasteiger partial charge in [0.15, 0.2) is 5.76 Å². The second-order valence-electron chi connectivity index (χ2n) is 9.14. The SMILES string of the molecule is COc1cc(OCC[C@@H]2CCCN(c3ccc(Cl)cc3)C2)c2cc(-c3cn4nc(OC)sc4n3)oc2c1. The molecule has 1 aliphatic rings. The van der Waals surface area contributed by atoms with E-state index in [1.54, 1.807) is 18.7 Å². The predicted octanol–water partition coefficient (Wildman–Crippen LogP) is 6.56. The number of ether oxygens (including phenoxy) is 3. The van der Waals surface area contributed by atoms with Gasteiger partial charge in [0.05, 0.1) is 32.4 Å². The van der Waals surface area contributed by atoms with Crippen LogP contribution in [-0.4, -0.2) is 48.5 Å². The van der Waals surface area contributed by atoms with E-state index >= 15 is 0 Å². The van der Waals surface area contributed by atoms with Gasteiger partial charge in [0.1, 0.15) is 22.8 Å². The second-order valence-corrected chi connectivity index (χ2v) is 10.5. The Labute approximate surface area is 223 Å². The van der Waals surface area contributed by atoms with E-state index in [4.69, 9.17) is 30.2 Å². The molecule has 3 aromatic heterocycles. The first-order chi connectivity index (χ1) is 18.1. The first-order valence-electron chi connectivity index (χ1n) is 12.2. The van der Waals surface area contributed by atoms with Gasteiger partial charge in [0.25, 0.3) is 5.19 Å². The molecule has 0 aliphatic carbocycles. The standard InChI is InChI=1S/C27H27ClN4O4S/c1-33-20-12-23(35-11-9-17-4-3-10-31(15-17)19-7-5-18(28)6-8-19)21-14-25(36-24(21)13-20)22-16-32-26(29-22)37-27(30-32)34-2/h5-8,12-14,16-17H,3-4,9-11,15H2,1-2H3/t17-/m0/s1. The van der Waals surface area contributed by atoms with Crippen LogP contribution < -0.4 is 19.1 Å². The van der Waals surface area contributed by atoms with Crippen LogP contribution >= 0.6 is 22.9 Å². The fourth-order valence-electron chi connectivity index (χ4n) is 4.85. The lowest BCUT2D eigenvalue weighted by Gasteiger charge is -2.34. The number of rotatable bonds is 8. The number of benzene rings is 2. The van der Waals surface area contributed by atoms with Crippen molar-refractivity contribution < 1.29 is 18.6 Å². The monoisotopic (exact) mass is 538 g/mol. The quantitative estimate of drug-likeness (QED) is 0.221. The van der Waals surface area contributed by atoms with E-state index < -0.39 is 0 Å². The molecular formula is C27H27ClN4O4S. The Kier molecular flexibility index (Phi) is 6.56. The Morgan fingerprint density at radius 3 is 2.78 bits per heavy atom. The Bertz CT molecular complexity index is 1500.